The molecule has 4 nitrogen and oxygen atoms in total. The molecule has 116 valence electrons. The van der Waals surface area contributed by atoms with Crippen molar-refractivity contribution in [2.45, 2.75) is 46.1 Å². The van der Waals surface area contributed by atoms with Crippen LogP contribution in [-0.4, -0.2) is 28.0 Å². The van der Waals surface area contributed by atoms with Crippen molar-refractivity contribution in [3.8, 4) is 0 Å². The van der Waals surface area contributed by atoms with Gasteiger partial charge in [0.05, 0.1) is 0 Å². The van der Waals surface area contributed by atoms with Crippen LogP contribution in [0.1, 0.15) is 50.4 Å². The number of aromatic nitrogens is 1. The quantitative estimate of drug-likeness (QED) is 0.840. The van der Waals surface area contributed by atoms with E-state index in [2.05, 4.69) is 20.8 Å². The van der Waals surface area contributed by atoms with E-state index in [-0.39, 0.29) is 17.5 Å². The Labute approximate surface area is 126 Å². The number of nitrogens with zero attached hydrogens (tertiary/aromatic N) is 2. The fourth-order valence-electron chi connectivity index (χ4n) is 3.07. The Balaban J connectivity index is 2.29. The van der Waals surface area contributed by atoms with Crippen LogP contribution >= 0.6 is 0 Å². The van der Waals surface area contributed by atoms with Crippen molar-refractivity contribution in [2.24, 2.45) is 18.9 Å². The lowest BCUT2D eigenvalue weighted by Gasteiger charge is -2.33. The van der Waals surface area contributed by atoms with Gasteiger partial charge in [-0.1, -0.05) is 20.8 Å². The fourth-order valence-corrected chi connectivity index (χ4v) is 3.07. The summed E-state index contributed by atoms with van der Waals surface area (Å²) < 4.78 is 1.49. The number of hydrogen-bond acceptors (Lipinski definition) is 2. The molecule has 0 spiro atoms. The van der Waals surface area contributed by atoms with Crippen molar-refractivity contribution in [2.75, 3.05) is 6.54 Å². The first-order chi connectivity index (χ1) is 9.90. The predicted molar refractivity (Wildman–Crippen MR) is 84.4 cm³/mol. The minimum absolute atomic E-state index is 0.000463. The molecule has 1 aliphatic rings. The highest BCUT2D eigenvalue weighted by Gasteiger charge is 2.30. The van der Waals surface area contributed by atoms with E-state index in [1.165, 1.54) is 17.1 Å². The van der Waals surface area contributed by atoms with Gasteiger partial charge in [0.25, 0.3) is 11.5 Å². The molecule has 1 saturated heterocycles. The maximum Gasteiger partial charge on any atom is 0.254 e. The minimum Gasteiger partial charge on any atom is -0.335 e. The molecule has 4 heteroatoms. The summed E-state index contributed by atoms with van der Waals surface area (Å²) in [6.45, 7) is 7.39. The van der Waals surface area contributed by atoms with E-state index >= 15 is 0 Å². The van der Waals surface area contributed by atoms with Crippen molar-refractivity contribution in [3.63, 3.8) is 0 Å². The molecule has 2 rings (SSSR count). The van der Waals surface area contributed by atoms with Crippen LogP contribution in [0, 0.1) is 11.8 Å². The van der Waals surface area contributed by atoms with E-state index in [1.807, 2.05) is 4.90 Å². The number of carbonyl (C=O) groups excluding carboxylic acids is 1. The zero-order valence-electron chi connectivity index (χ0n) is 13.5. The zero-order chi connectivity index (χ0) is 15.6. The molecule has 0 aromatic carbocycles. The first-order valence-corrected chi connectivity index (χ1v) is 7.87. The molecule has 2 heterocycles. The molecule has 0 bridgehead atoms. The third-order valence-electron chi connectivity index (χ3n) is 4.60. The van der Waals surface area contributed by atoms with Gasteiger partial charge in [-0.15, -0.1) is 0 Å². The molecular formula is C17H26N2O2. The predicted octanol–water partition coefficient (Wildman–Crippen LogP) is 2.67. The Morgan fingerprint density at radius 2 is 2.00 bits per heavy atom. The summed E-state index contributed by atoms with van der Waals surface area (Å²) in [7, 11) is 1.70. The molecule has 1 aromatic heterocycles. The maximum absolute atomic E-state index is 12.8. The van der Waals surface area contributed by atoms with Crippen LogP contribution < -0.4 is 5.56 Å². The molecule has 1 amide bonds. The summed E-state index contributed by atoms with van der Waals surface area (Å²) in [6, 6.07) is 3.47. The van der Waals surface area contributed by atoms with Gasteiger partial charge in [-0.05, 0) is 37.2 Å². The second-order valence-electron chi connectivity index (χ2n) is 6.65. The van der Waals surface area contributed by atoms with E-state index in [9.17, 15) is 9.59 Å². The van der Waals surface area contributed by atoms with Gasteiger partial charge >= 0.3 is 0 Å². The Hall–Kier alpha value is -1.58. The van der Waals surface area contributed by atoms with Crippen LogP contribution in [0.15, 0.2) is 23.1 Å². The number of hydrogen-bond donors (Lipinski definition) is 0. The number of likely N-dealkylation sites (tertiary alicyclic amines) is 1. The lowest BCUT2D eigenvalue weighted by Crippen LogP contribution is -2.43. The molecule has 0 aliphatic carbocycles. The first kappa shape index (κ1) is 15.8. The van der Waals surface area contributed by atoms with Crippen LogP contribution in [0.4, 0.5) is 0 Å². The summed E-state index contributed by atoms with van der Waals surface area (Å²) in [5.74, 6) is 1.10. The first-order valence-electron chi connectivity index (χ1n) is 7.87. The number of amides is 1. The van der Waals surface area contributed by atoms with Crippen LogP contribution in [-0.2, 0) is 7.05 Å². The molecule has 0 radical (unpaired) electrons. The van der Waals surface area contributed by atoms with Crippen molar-refractivity contribution < 1.29 is 4.79 Å². The van der Waals surface area contributed by atoms with Gasteiger partial charge in [-0.3, -0.25) is 9.59 Å². The largest absolute Gasteiger partial charge is 0.335 e. The summed E-state index contributed by atoms with van der Waals surface area (Å²) in [5, 5.41) is 0. The molecule has 2 atom stereocenters. The second-order valence-corrected chi connectivity index (χ2v) is 6.65. The van der Waals surface area contributed by atoms with E-state index in [0.717, 1.165) is 19.4 Å². The monoisotopic (exact) mass is 290 g/mol. The third kappa shape index (κ3) is 3.55. The number of rotatable bonds is 2. The van der Waals surface area contributed by atoms with Gasteiger partial charge in [-0.25, -0.2) is 0 Å². The van der Waals surface area contributed by atoms with Crippen LogP contribution in [0.5, 0.6) is 0 Å². The van der Waals surface area contributed by atoms with E-state index in [0.29, 0.717) is 17.4 Å². The Kier molecular flexibility index (Phi) is 4.86. The summed E-state index contributed by atoms with van der Waals surface area (Å²) in [6.07, 6.45) is 4.93. The normalized spacial score (nSPS) is 23.2. The fraction of sp³-hybridized carbons (Fsp3) is 0.647. The topological polar surface area (TPSA) is 42.3 Å². The van der Waals surface area contributed by atoms with Gasteiger partial charge in [0.2, 0.25) is 0 Å². The van der Waals surface area contributed by atoms with Gasteiger partial charge < -0.3 is 9.47 Å². The molecular weight excluding hydrogens is 264 g/mol. The summed E-state index contributed by atoms with van der Waals surface area (Å²) in [4.78, 5) is 26.6. The summed E-state index contributed by atoms with van der Waals surface area (Å²) in [5.41, 5.74) is 0.378. The highest BCUT2D eigenvalue weighted by atomic mass is 16.2. The van der Waals surface area contributed by atoms with Crippen molar-refractivity contribution in [1.82, 2.24) is 9.47 Å². The van der Waals surface area contributed by atoms with Crippen LogP contribution in [0.3, 0.4) is 0 Å². The Morgan fingerprint density at radius 3 is 2.62 bits per heavy atom. The molecule has 1 fully saturated rings. The number of carbonyl (C=O) groups is 1. The smallest absolute Gasteiger partial charge is 0.254 e. The van der Waals surface area contributed by atoms with Crippen molar-refractivity contribution in [3.05, 3.63) is 34.2 Å². The highest BCUT2D eigenvalue weighted by molar-refractivity contribution is 5.94. The van der Waals surface area contributed by atoms with E-state index in [1.54, 1.807) is 19.3 Å². The Bertz CT molecular complexity index is 562. The second kappa shape index (κ2) is 6.46. The van der Waals surface area contributed by atoms with Gasteiger partial charge in [0, 0.05) is 37.5 Å². The van der Waals surface area contributed by atoms with Crippen LogP contribution in [0.2, 0.25) is 0 Å². The average Bonchev–Trinajstić information content (AvgIpc) is 2.63. The SMILES string of the molecule is CC(C)[C@@H]1CC[C@@H](C)CCN1C(=O)c1ccn(C)c(=O)c1. The molecule has 21 heavy (non-hydrogen) atoms. The molecule has 0 N–H and O–H groups in total. The average molecular weight is 290 g/mol. The maximum atomic E-state index is 12.8. The van der Waals surface area contributed by atoms with Crippen molar-refractivity contribution in [1.29, 1.82) is 0 Å². The Morgan fingerprint density at radius 1 is 1.29 bits per heavy atom. The standard InChI is InChI=1S/C17H26N2O2/c1-12(2)15-6-5-13(3)7-10-19(15)17(21)14-8-9-18(4)16(20)11-14/h8-9,11-13,15H,5-7,10H2,1-4H3/t13-,15+/m1/s1. The molecule has 0 unspecified atom stereocenters. The molecule has 1 aromatic rings. The van der Waals surface area contributed by atoms with Gasteiger partial charge in [0.1, 0.15) is 0 Å². The van der Waals surface area contributed by atoms with E-state index in [4.69, 9.17) is 0 Å². The lowest BCUT2D eigenvalue weighted by atomic mass is 9.95. The number of aryl methyl sites for hydroxylation is 1. The molecule has 1 aliphatic heterocycles. The lowest BCUT2D eigenvalue weighted by molar-refractivity contribution is 0.0631. The number of pyridine rings is 1. The highest BCUT2D eigenvalue weighted by Crippen LogP contribution is 2.27. The third-order valence-corrected chi connectivity index (χ3v) is 4.60. The van der Waals surface area contributed by atoms with Gasteiger partial charge in [0.15, 0.2) is 0 Å². The molecule has 0 saturated carbocycles. The zero-order valence-corrected chi connectivity index (χ0v) is 13.5. The summed E-state index contributed by atoms with van der Waals surface area (Å²) >= 11 is 0. The van der Waals surface area contributed by atoms with Crippen molar-refractivity contribution >= 4 is 5.91 Å². The minimum atomic E-state index is -0.134. The van der Waals surface area contributed by atoms with E-state index < -0.39 is 0 Å². The van der Waals surface area contributed by atoms with Crippen LogP contribution in [0.25, 0.3) is 0 Å². The van der Waals surface area contributed by atoms with Gasteiger partial charge in [-0.2, -0.15) is 0 Å².